The topological polar surface area (TPSA) is 99.8 Å². The monoisotopic (exact) mass is 353 g/mol. The number of thioether (sulfide) groups is 1. The number of carbonyl (C=O) groups is 2. The highest BCUT2D eigenvalue weighted by atomic mass is 32.2. The van der Waals surface area contributed by atoms with Crippen LogP contribution in [0, 0.1) is 0 Å². The molecular weight excluding hydrogens is 334 g/mol. The van der Waals surface area contributed by atoms with E-state index in [0.29, 0.717) is 18.1 Å². The summed E-state index contributed by atoms with van der Waals surface area (Å²) in [5, 5.41) is 14.3. The maximum atomic E-state index is 11.7. The molecule has 3 amide bonds. The van der Waals surface area contributed by atoms with E-state index in [2.05, 4.69) is 25.8 Å². The Balaban J connectivity index is 1.70. The molecule has 0 saturated heterocycles. The normalized spacial score (nSPS) is 10.5. The van der Waals surface area contributed by atoms with Crippen LogP contribution < -0.4 is 10.6 Å². The van der Waals surface area contributed by atoms with E-state index in [0.717, 1.165) is 18.7 Å². The van der Waals surface area contributed by atoms with E-state index in [1.54, 1.807) is 11.3 Å². The Labute approximate surface area is 142 Å². The van der Waals surface area contributed by atoms with Crippen molar-refractivity contribution < 1.29 is 9.59 Å². The van der Waals surface area contributed by atoms with Crippen LogP contribution in [-0.2, 0) is 11.2 Å². The number of rotatable bonds is 8. The van der Waals surface area contributed by atoms with Crippen molar-refractivity contribution in [3.05, 3.63) is 28.2 Å². The van der Waals surface area contributed by atoms with Crippen molar-refractivity contribution in [3.63, 3.8) is 0 Å². The Morgan fingerprint density at radius 2 is 2.30 bits per heavy atom. The molecule has 0 atom stereocenters. The standard InChI is InChI=1S/C14H19N5O2S2/c1-2-3-6-15-13(21)17-12(20)9-23-14-16-11(18-19-14)8-10-5-4-7-22-10/h4-5,7H,2-3,6,8-9H2,1H3,(H,16,18,19)(H2,15,17,20,21). The average Bonchev–Trinajstić information content (AvgIpc) is 3.18. The smallest absolute Gasteiger partial charge is 0.321 e. The van der Waals surface area contributed by atoms with E-state index < -0.39 is 6.03 Å². The molecule has 3 N–H and O–H groups in total. The summed E-state index contributed by atoms with van der Waals surface area (Å²) in [6.07, 6.45) is 2.57. The number of aromatic amines is 1. The first-order chi connectivity index (χ1) is 11.2. The number of unbranched alkanes of at least 4 members (excludes halogenated alkanes) is 1. The van der Waals surface area contributed by atoms with Crippen molar-refractivity contribution in [1.82, 2.24) is 25.8 Å². The maximum absolute atomic E-state index is 11.7. The van der Waals surface area contributed by atoms with Gasteiger partial charge in [-0.25, -0.2) is 9.78 Å². The van der Waals surface area contributed by atoms with E-state index in [4.69, 9.17) is 0 Å². The van der Waals surface area contributed by atoms with Crippen LogP contribution in [0.1, 0.15) is 30.5 Å². The molecule has 0 aromatic carbocycles. The van der Waals surface area contributed by atoms with E-state index in [-0.39, 0.29) is 11.7 Å². The lowest BCUT2D eigenvalue weighted by molar-refractivity contribution is -0.117. The van der Waals surface area contributed by atoms with E-state index in [1.807, 2.05) is 24.4 Å². The van der Waals surface area contributed by atoms with Gasteiger partial charge in [-0.2, -0.15) is 0 Å². The second-order valence-electron chi connectivity index (χ2n) is 4.77. The van der Waals surface area contributed by atoms with Gasteiger partial charge in [0.05, 0.1) is 5.75 Å². The molecule has 0 aliphatic rings. The number of nitrogens with one attached hydrogen (secondary N) is 3. The molecule has 0 radical (unpaired) electrons. The predicted molar refractivity (Wildman–Crippen MR) is 90.7 cm³/mol. The Kier molecular flexibility index (Phi) is 7.08. The Morgan fingerprint density at radius 3 is 3.04 bits per heavy atom. The Bertz CT molecular complexity index is 627. The van der Waals surface area contributed by atoms with E-state index in [1.165, 1.54) is 16.6 Å². The minimum absolute atomic E-state index is 0.0947. The van der Waals surface area contributed by atoms with Crippen LogP contribution in [0.5, 0.6) is 0 Å². The first kappa shape index (κ1) is 17.5. The molecule has 2 aromatic heterocycles. The average molecular weight is 353 g/mol. The molecule has 0 aliphatic heterocycles. The summed E-state index contributed by atoms with van der Waals surface area (Å²) in [6, 6.07) is 3.56. The van der Waals surface area contributed by atoms with Crippen LogP contribution in [0.15, 0.2) is 22.7 Å². The summed E-state index contributed by atoms with van der Waals surface area (Å²) in [6.45, 7) is 2.60. The summed E-state index contributed by atoms with van der Waals surface area (Å²) in [5.74, 6) is 0.485. The van der Waals surface area contributed by atoms with Crippen molar-refractivity contribution >= 4 is 35.0 Å². The van der Waals surface area contributed by atoms with Crippen molar-refractivity contribution in [1.29, 1.82) is 0 Å². The number of imide groups is 1. The SMILES string of the molecule is CCCCNC(=O)NC(=O)CSc1n[nH]c(Cc2cccs2)n1. The minimum Gasteiger partial charge on any atom is -0.338 e. The van der Waals surface area contributed by atoms with Crippen LogP contribution >= 0.6 is 23.1 Å². The Morgan fingerprint density at radius 1 is 1.43 bits per heavy atom. The number of carbonyl (C=O) groups excluding carboxylic acids is 2. The number of amides is 3. The molecule has 7 nitrogen and oxygen atoms in total. The fourth-order valence-electron chi connectivity index (χ4n) is 1.72. The second-order valence-corrected chi connectivity index (χ2v) is 6.74. The highest BCUT2D eigenvalue weighted by molar-refractivity contribution is 7.99. The number of thiophene rings is 1. The predicted octanol–water partition coefficient (Wildman–Crippen LogP) is 2.17. The van der Waals surface area contributed by atoms with Gasteiger partial charge in [-0.05, 0) is 17.9 Å². The van der Waals surface area contributed by atoms with Gasteiger partial charge >= 0.3 is 6.03 Å². The second kappa shape index (κ2) is 9.31. The molecule has 124 valence electrons. The van der Waals surface area contributed by atoms with Gasteiger partial charge in [0.2, 0.25) is 11.1 Å². The van der Waals surface area contributed by atoms with Crippen LogP contribution in [0.2, 0.25) is 0 Å². The highest BCUT2D eigenvalue weighted by Gasteiger charge is 2.10. The fourth-order valence-corrected chi connectivity index (χ4v) is 3.04. The van der Waals surface area contributed by atoms with Crippen LogP contribution in [0.4, 0.5) is 4.79 Å². The van der Waals surface area contributed by atoms with Crippen LogP contribution in [0.3, 0.4) is 0 Å². The zero-order valence-electron chi connectivity index (χ0n) is 12.8. The molecule has 0 spiro atoms. The fraction of sp³-hybridized carbons (Fsp3) is 0.429. The number of aromatic nitrogens is 3. The number of H-pyrrole nitrogens is 1. The number of nitrogens with zero attached hydrogens (tertiary/aromatic N) is 2. The third-order valence-corrected chi connectivity index (χ3v) is 4.56. The molecule has 0 bridgehead atoms. The summed E-state index contributed by atoms with van der Waals surface area (Å²) >= 11 is 2.85. The van der Waals surface area contributed by atoms with E-state index in [9.17, 15) is 9.59 Å². The van der Waals surface area contributed by atoms with Crippen molar-refractivity contribution in [3.8, 4) is 0 Å². The van der Waals surface area contributed by atoms with Gasteiger partial charge in [0.1, 0.15) is 5.82 Å². The number of hydrogen-bond acceptors (Lipinski definition) is 6. The third kappa shape index (κ3) is 6.41. The van der Waals surface area contributed by atoms with Gasteiger partial charge < -0.3 is 5.32 Å². The molecule has 23 heavy (non-hydrogen) atoms. The molecule has 2 rings (SSSR count). The molecule has 0 aliphatic carbocycles. The van der Waals surface area contributed by atoms with Gasteiger partial charge in [-0.15, -0.1) is 16.4 Å². The van der Waals surface area contributed by atoms with Gasteiger partial charge in [0.25, 0.3) is 0 Å². The zero-order chi connectivity index (χ0) is 16.5. The number of urea groups is 1. The van der Waals surface area contributed by atoms with Gasteiger partial charge in [-0.3, -0.25) is 15.2 Å². The largest absolute Gasteiger partial charge is 0.338 e. The summed E-state index contributed by atoms with van der Waals surface area (Å²) in [7, 11) is 0. The molecule has 0 saturated carbocycles. The molecule has 0 unspecified atom stereocenters. The minimum atomic E-state index is -0.461. The molecular formula is C14H19N5O2S2. The zero-order valence-corrected chi connectivity index (χ0v) is 14.4. The molecule has 2 aromatic rings. The molecule has 2 heterocycles. The number of hydrogen-bond donors (Lipinski definition) is 3. The first-order valence-electron chi connectivity index (χ1n) is 7.31. The summed E-state index contributed by atoms with van der Waals surface area (Å²) < 4.78 is 0. The Hall–Kier alpha value is -1.87. The van der Waals surface area contributed by atoms with Crippen LogP contribution in [-0.4, -0.2) is 39.4 Å². The lowest BCUT2D eigenvalue weighted by atomic mass is 10.3. The van der Waals surface area contributed by atoms with E-state index >= 15 is 0 Å². The van der Waals surface area contributed by atoms with Gasteiger partial charge in [0, 0.05) is 17.8 Å². The molecule has 9 heteroatoms. The van der Waals surface area contributed by atoms with Gasteiger partial charge in [-0.1, -0.05) is 31.2 Å². The lowest BCUT2D eigenvalue weighted by Gasteiger charge is -2.04. The van der Waals surface area contributed by atoms with Crippen molar-refractivity contribution in [2.45, 2.75) is 31.3 Å². The lowest BCUT2D eigenvalue weighted by Crippen LogP contribution is -2.40. The van der Waals surface area contributed by atoms with Crippen LogP contribution in [0.25, 0.3) is 0 Å². The van der Waals surface area contributed by atoms with Crippen molar-refractivity contribution in [2.24, 2.45) is 0 Å². The van der Waals surface area contributed by atoms with Gasteiger partial charge in [0.15, 0.2) is 0 Å². The third-order valence-electron chi connectivity index (χ3n) is 2.83. The summed E-state index contributed by atoms with van der Waals surface area (Å²) in [5.41, 5.74) is 0. The van der Waals surface area contributed by atoms with Crippen molar-refractivity contribution in [2.75, 3.05) is 12.3 Å². The first-order valence-corrected chi connectivity index (χ1v) is 9.18. The molecule has 0 fully saturated rings. The quantitative estimate of drug-likeness (QED) is 0.499. The summed E-state index contributed by atoms with van der Waals surface area (Å²) in [4.78, 5) is 28.6. The highest BCUT2D eigenvalue weighted by Crippen LogP contribution is 2.15. The maximum Gasteiger partial charge on any atom is 0.321 e.